The predicted molar refractivity (Wildman–Crippen MR) is 106 cm³/mol. The van der Waals surface area contributed by atoms with E-state index in [9.17, 15) is 4.79 Å². The first-order valence-corrected chi connectivity index (χ1v) is 10.1. The third-order valence-corrected chi connectivity index (χ3v) is 5.84. The highest BCUT2D eigenvalue weighted by atomic mass is 32.1. The van der Waals surface area contributed by atoms with Crippen LogP contribution in [0.4, 0.5) is 5.13 Å². The van der Waals surface area contributed by atoms with Gasteiger partial charge in [0.05, 0.1) is 12.8 Å². The molecule has 0 unspecified atom stereocenters. The first-order valence-electron chi connectivity index (χ1n) is 9.26. The number of amides is 1. The van der Waals surface area contributed by atoms with Gasteiger partial charge in [-0.2, -0.15) is 0 Å². The van der Waals surface area contributed by atoms with Gasteiger partial charge in [0.1, 0.15) is 5.75 Å². The number of aromatic nitrogens is 1. The smallest absolute Gasteiger partial charge is 0.229 e. The van der Waals surface area contributed by atoms with E-state index in [4.69, 9.17) is 4.74 Å². The number of fused-ring (bicyclic) bond motifs is 1. The van der Waals surface area contributed by atoms with Crippen molar-refractivity contribution < 1.29 is 9.53 Å². The second-order valence-electron chi connectivity index (χ2n) is 6.74. The number of carbonyl (C=O) groups is 1. The van der Waals surface area contributed by atoms with E-state index in [1.807, 2.05) is 25.3 Å². The highest BCUT2D eigenvalue weighted by Gasteiger charge is 2.19. The van der Waals surface area contributed by atoms with Gasteiger partial charge in [-0.25, -0.2) is 4.98 Å². The summed E-state index contributed by atoms with van der Waals surface area (Å²) in [5, 5.41) is 5.72. The number of ether oxygens (including phenoxy) is 1. The molecule has 0 spiro atoms. The summed E-state index contributed by atoms with van der Waals surface area (Å²) in [5.74, 6) is 1.07. The zero-order valence-electron chi connectivity index (χ0n) is 15.7. The molecule has 0 radical (unpaired) electrons. The highest BCUT2D eigenvalue weighted by molar-refractivity contribution is 7.13. The average Bonchev–Trinajstić information content (AvgIpc) is 3.09. The van der Waals surface area contributed by atoms with E-state index in [0.29, 0.717) is 5.13 Å². The van der Waals surface area contributed by atoms with Crippen LogP contribution in [0.1, 0.15) is 43.5 Å². The number of anilines is 1. The van der Waals surface area contributed by atoms with Gasteiger partial charge >= 0.3 is 0 Å². The molecule has 1 aliphatic heterocycles. The Morgan fingerprint density at radius 2 is 2.15 bits per heavy atom. The number of carbonyl (C=O) groups excluding carboxylic acids is 1. The van der Waals surface area contributed by atoms with Gasteiger partial charge in [-0.05, 0) is 42.5 Å². The third kappa shape index (κ3) is 4.43. The van der Waals surface area contributed by atoms with Gasteiger partial charge in [-0.15, -0.1) is 11.3 Å². The topological polar surface area (TPSA) is 54.5 Å². The average molecular weight is 374 g/mol. The number of hydrogen-bond donors (Lipinski definition) is 1. The molecule has 0 bridgehead atoms. The lowest BCUT2D eigenvalue weighted by atomic mass is 9.99. The molecule has 5 nitrogen and oxygen atoms in total. The normalized spacial score (nSPS) is 14.3. The molecule has 6 heteroatoms. The van der Waals surface area contributed by atoms with Gasteiger partial charge in [0, 0.05) is 30.9 Å². The Kier molecular flexibility index (Phi) is 6.27. The summed E-state index contributed by atoms with van der Waals surface area (Å²) in [6, 6.07) is 6.32. The van der Waals surface area contributed by atoms with Crippen LogP contribution in [0, 0.1) is 5.92 Å². The molecule has 0 atom stereocenters. The Bertz CT molecular complexity index is 755. The first-order chi connectivity index (χ1) is 12.6. The molecular formula is C20H27N3O2S. The molecule has 1 amide bonds. The van der Waals surface area contributed by atoms with Gasteiger partial charge in [-0.3, -0.25) is 9.69 Å². The van der Waals surface area contributed by atoms with Gasteiger partial charge in [-0.1, -0.05) is 19.9 Å². The summed E-state index contributed by atoms with van der Waals surface area (Å²) in [4.78, 5) is 19.2. The number of methoxy groups -OCH3 is 1. The molecule has 26 heavy (non-hydrogen) atoms. The van der Waals surface area contributed by atoms with Crippen LogP contribution in [0.25, 0.3) is 0 Å². The molecule has 2 heterocycles. The van der Waals surface area contributed by atoms with Crippen molar-refractivity contribution >= 4 is 22.4 Å². The van der Waals surface area contributed by atoms with Crippen molar-refractivity contribution in [2.24, 2.45) is 5.92 Å². The monoisotopic (exact) mass is 373 g/mol. The Labute approximate surface area is 159 Å². The van der Waals surface area contributed by atoms with Crippen LogP contribution >= 0.6 is 11.3 Å². The van der Waals surface area contributed by atoms with Crippen LogP contribution < -0.4 is 10.1 Å². The van der Waals surface area contributed by atoms with E-state index >= 15 is 0 Å². The molecule has 140 valence electrons. The van der Waals surface area contributed by atoms with Crippen molar-refractivity contribution in [2.45, 2.75) is 46.2 Å². The zero-order valence-corrected chi connectivity index (χ0v) is 16.6. The van der Waals surface area contributed by atoms with Crippen molar-refractivity contribution in [1.82, 2.24) is 9.88 Å². The summed E-state index contributed by atoms with van der Waals surface area (Å²) in [6.45, 7) is 6.83. The summed E-state index contributed by atoms with van der Waals surface area (Å²) in [7, 11) is 1.71. The minimum absolute atomic E-state index is 0.0675. The van der Waals surface area contributed by atoms with Crippen molar-refractivity contribution in [1.29, 1.82) is 0 Å². The van der Waals surface area contributed by atoms with Gasteiger partial charge in [0.15, 0.2) is 5.13 Å². The standard InChI is InChI=1S/C20H27N3O2S/c1-4-14(5-2)19(24)22-20-21-17(13-26-20)12-23-9-8-15-10-18(25-3)7-6-16(15)11-23/h6-7,10,13-14H,4-5,8-9,11-12H2,1-3H3,(H,21,22,24). The molecule has 1 aromatic carbocycles. The van der Waals surface area contributed by atoms with Crippen molar-refractivity contribution in [3.05, 3.63) is 40.4 Å². The molecule has 0 saturated heterocycles. The lowest BCUT2D eigenvalue weighted by Gasteiger charge is -2.28. The number of nitrogens with one attached hydrogen (secondary N) is 1. The van der Waals surface area contributed by atoms with Gasteiger partial charge in [0.2, 0.25) is 5.91 Å². The highest BCUT2D eigenvalue weighted by Crippen LogP contribution is 2.25. The van der Waals surface area contributed by atoms with Crippen molar-refractivity contribution in [3.63, 3.8) is 0 Å². The summed E-state index contributed by atoms with van der Waals surface area (Å²) in [5.41, 5.74) is 3.75. The Hall–Kier alpha value is -1.92. The minimum Gasteiger partial charge on any atom is -0.497 e. The predicted octanol–water partition coefficient (Wildman–Crippen LogP) is 4.08. The summed E-state index contributed by atoms with van der Waals surface area (Å²) >= 11 is 1.51. The van der Waals surface area contributed by atoms with E-state index < -0.39 is 0 Å². The molecule has 0 saturated carbocycles. The molecule has 0 aliphatic carbocycles. The number of rotatable bonds is 7. The number of nitrogens with zero attached hydrogens (tertiary/aromatic N) is 2. The maximum Gasteiger partial charge on any atom is 0.229 e. The maximum atomic E-state index is 12.2. The van der Waals surface area contributed by atoms with E-state index in [1.54, 1.807) is 7.11 Å². The molecule has 1 aliphatic rings. The molecule has 1 aromatic heterocycles. The fraction of sp³-hybridized carbons (Fsp3) is 0.500. The van der Waals surface area contributed by atoms with Gasteiger partial charge in [0.25, 0.3) is 0 Å². The van der Waals surface area contributed by atoms with Crippen LogP contribution in [-0.2, 0) is 24.3 Å². The SMILES string of the molecule is CCC(CC)C(=O)Nc1nc(CN2CCc3cc(OC)ccc3C2)cs1. The molecule has 3 rings (SSSR count). The molecular weight excluding hydrogens is 346 g/mol. The fourth-order valence-corrected chi connectivity index (χ4v) is 4.09. The van der Waals surface area contributed by atoms with Crippen LogP contribution in [0.3, 0.4) is 0 Å². The Morgan fingerprint density at radius 1 is 1.35 bits per heavy atom. The minimum atomic E-state index is 0.0675. The Balaban J connectivity index is 1.58. The second-order valence-corrected chi connectivity index (χ2v) is 7.60. The van der Waals surface area contributed by atoms with Crippen molar-refractivity contribution in [2.75, 3.05) is 19.0 Å². The lowest BCUT2D eigenvalue weighted by molar-refractivity contribution is -0.120. The molecule has 0 fully saturated rings. The number of hydrogen-bond acceptors (Lipinski definition) is 5. The van der Waals surface area contributed by atoms with E-state index in [0.717, 1.165) is 50.3 Å². The van der Waals surface area contributed by atoms with Crippen molar-refractivity contribution in [3.8, 4) is 5.75 Å². The largest absolute Gasteiger partial charge is 0.497 e. The van der Waals surface area contributed by atoms with Gasteiger partial charge < -0.3 is 10.1 Å². The third-order valence-electron chi connectivity index (χ3n) is 5.03. The van der Waals surface area contributed by atoms with E-state index in [2.05, 4.69) is 27.3 Å². The number of benzene rings is 1. The van der Waals surface area contributed by atoms with Crippen LogP contribution in [0.2, 0.25) is 0 Å². The van der Waals surface area contributed by atoms with Crippen LogP contribution in [0.5, 0.6) is 5.75 Å². The number of thiazole rings is 1. The second kappa shape index (κ2) is 8.64. The Morgan fingerprint density at radius 3 is 2.88 bits per heavy atom. The van der Waals surface area contributed by atoms with E-state index in [-0.39, 0.29) is 11.8 Å². The van der Waals surface area contributed by atoms with Crippen LogP contribution in [0.15, 0.2) is 23.6 Å². The fourth-order valence-electron chi connectivity index (χ4n) is 3.38. The maximum absolute atomic E-state index is 12.2. The summed E-state index contributed by atoms with van der Waals surface area (Å²) in [6.07, 6.45) is 2.74. The van der Waals surface area contributed by atoms with Crippen LogP contribution in [-0.4, -0.2) is 29.4 Å². The lowest BCUT2D eigenvalue weighted by Crippen LogP contribution is -2.30. The quantitative estimate of drug-likeness (QED) is 0.794. The molecule has 1 N–H and O–H groups in total. The summed E-state index contributed by atoms with van der Waals surface area (Å²) < 4.78 is 5.31. The zero-order chi connectivity index (χ0) is 18.5. The van der Waals surface area contributed by atoms with E-state index in [1.165, 1.54) is 22.5 Å². The molecule has 2 aromatic rings. The first kappa shape index (κ1) is 18.9.